The van der Waals surface area contributed by atoms with Gasteiger partial charge in [0, 0.05) is 34.6 Å². The lowest BCUT2D eigenvalue weighted by atomic mass is 9.97. The summed E-state index contributed by atoms with van der Waals surface area (Å²) in [5.74, 6) is 0.758. The molecule has 1 atom stereocenters. The number of benzene rings is 2. The molecule has 24 heavy (non-hydrogen) atoms. The van der Waals surface area contributed by atoms with Crippen molar-refractivity contribution < 1.29 is 14.6 Å². The van der Waals surface area contributed by atoms with E-state index in [1.165, 1.54) is 11.9 Å². The quantitative estimate of drug-likeness (QED) is 0.842. The lowest BCUT2D eigenvalue weighted by molar-refractivity contribution is 0.129. The third-order valence-corrected chi connectivity index (χ3v) is 4.63. The minimum atomic E-state index is -0.969. The molecule has 1 aliphatic heterocycles. The molecule has 4 nitrogen and oxygen atoms in total. The standard InChI is InChI=1S/C18H17Cl2NO3/c1-10-5-11-7-13(9-21(2)18(22)23)24-17(11)15(6-10)14-8-12(19)3-4-16(14)20/h3-6,8,13H,7,9H2,1-2H3,(H,22,23). The number of carboxylic acid groups (broad SMARTS) is 1. The summed E-state index contributed by atoms with van der Waals surface area (Å²) in [5, 5.41) is 10.2. The summed E-state index contributed by atoms with van der Waals surface area (Å²) in [5.41, 5.74) is 3.86. The number of ether oxygens (including phenoxy) is 1. The van der Waals surface area contributed by atoms with E-state index < -0.39 is 6.09 Å². The first-order valence-corrected chi connectivity index (χ1v) is 8.30. The van der Waals surface area contributed by atoms with Gasteiger partial charge >= 0.3 is 6.09 Å². The Morgan fingerprint density at radius 3 is 2.75 bits per heavy atom. The summed E-state index contributed by atoms with van der Waals surface area (Å²) >= 11 is 12.5. The van der Waals surface area contributed by atoms with Gasteiger partial charge in [-0.15, -0.1) is 0 Å². The Morgan fingerprint density at radius 1 is 1.29 bits per heavy atom. The third-order valence-electron chi connectivity index (χ3n) is 4.06. The molecule has 1 N–H and O–H groups in total. The van der Waals surface area contributed by atoms with Gasteiger partial charge in [0.2, 0.25) is 0 Å². The van der Waals surface area contributed by atoms with Crippen LogP contribution in [0.25, 0.3) is 11.1 Å². The SMILES string of the molecule is Cc1cc2c(c(-c3cc(Cl)ccc3Cl)c1)OC(CN(C)C(=O)O)C2. The van der Waals surface area contributed by atoms with E-state index in [2.05, 4.69) is 6.07 Å². The van der Waals surface area contributed by atoms with Gasteiger partial charge in [-0.3, -0.25) is 0 Å². The topological polar surface area (TPSA) is 49.8 Å². The minimum absolute atomic E-state index is 0.209. The molecule has 0 saturated heterocycles. The van der Waals surface area contributed by atoms with Crippen LogP contribution in [-0.4, -0.2) is 35.8 Å². The maximum atomic E-state index is 11.0. The van der Waals surface area contributed by atoms with Crippen LogP contribution in [0.3, 0.4) is 0 Å². The van der Waals surface area contributed by atoms with E-state index in [4.69, 9.17) is 33.0 Å². The fourth-order valence-electron chi connectivity index (χ4n) is 2.98. The van der Waals surface area contributed by atoms with Crippen LogP contribution in [0.2, 0.25) is 10.0 Å². The van der Waals surface area contributed by atoms with Crippen LogP contribution < -0.4 is 4.74 Å². The zero-order valence-electron chi connectivity index (χ0n) is 13.3. The number of fused-ring (bicyclic) bond motifs is 1. The van der Waals surface area contributed by atoms with Crippen molar-refractivity contribution in [1.29, 1.82) is 0 Å². The van der Waals surface area contributed by atoms with E-state index >= 15 is 0 Å². The monoisotopic (exact) mass is 365 g/mol. The van der Waals surface area contributed by atoms with Gasteiger partial charge in [-0.2, -0.15) is 0 Å². The zero-order chi connectivity index (χ0) is 17.4. The normalized spacial score (nSPS) is 15.8. The Bertz CT molecular complexity index is 807. The van der Waals surface area contributed by atoms with Crippen molar-refractivity contribution in [3.05, 3.63) is 51.5 Å². The smallest absolute Gasteiger partial charge is 0.407 e. The summed E-state index contributed by atoms with van der Waals surface area (Å²) in [6, 6.07) is 9.41. The lowest BCUT2D eigenvalue weighted by Gasteiger charge is -2.18. The van der Waals surface area contributed by atoms with Crippen LogP contribution >= 0.6 is 23.2 Å². The number of hydrogen-bond acceptors (Lipinski definition) is 2. The van der Waals surface area contributed by atoms with E-state index in [0.29, 0.717) is 23.0 Å². The second-order valence-corrected chi connectivity index (χ2v) is 6.88. The number of amides is 1. The number of likely N-dealkylation sites (N-methyl/N-ethyl adjacent to an activating group) is 1. The van der Waals surface area contributed by atoms with Gasteiger partial charge in [0.05, 0.1) is 6.54 Å². The van der Waals surface area contributed by atoms with Crippen molar-refractivity contribution in [1.82, 2.24) is 4.90 Å². The van der Waals surface area contributed by atoms with E-state index in [1.807, 2.05) is 19.1 Å². The zero-order valence-corrected chi connectivity index (χ0v) is 14.9. The van der Waals surface area contributed by atoms with E-state index in [0.717, 1.165) is 28.0 Å². The van der Waals surface area contributed by atoms with Crippen LogP contribution in [0.15, 0.2) is 30.3 Å². The van der Waals surface area contributed by atoms with Crippen LogP contribution in [0, 0.1) is 6.92 Å². The lowest BCUT2D eigenvalue weighted by Crippen LogP contribution is -2.35. The molecule has 1 aliphatic rings. The summed E-state index contributed by atoms with van der Waals surface area (Å²) in [4.78, 5) is 12.3. The summed E-state index contributed by atoms with van der Waals surface area (Å²) in [6.45, 7) is 2.32. The number of halogens is 2. The maximum absolute atomic E-state index is 11.0. The largest absolute Gasteiger partial charge is 0.487 e. The molecule has 6 heteroatoms. The molecule has 1 unspecified atom stereocenters. The highest BCUT2D eigenvalue weighted by Crippen LogP contribution is 2.43. The maximum Gasteiger partial charge on any atom is 0.407 e. The first kappa shape index (κ1) is 16.9. The fraction of sp³-hybridized carbons (Fsp3) is 0.278. The summed E-state index contributed by atoms with van der Waals surface area (Å²) in [6.07, 6.45) is -0.511. The highest BCUT2D eigenvalue weighted by atomic mass is 35.5. The second-order valence-electron chi connectivity index (χ2n) is 6.03. The highest BCUT2D eigenvalue weighted by molar-refractivity contribution is 6.35. The molecule has 0 radical (unpaired) electrons. The molecule has 0 fully saturated rings. The Morgan fingerprint density at radius 2 is 2.04 bits per heavy atom. The minimum Gasteiger partial charge on any atom is -0.487 e. The van der Waals surface area contributed by atoms with Crippen LogP contribution in [0.4, 0.5) is 4.79 Å². The van der Waals surface area contributed by atoms with Crippen molar-refractivity contribution in [3.63, 3.8) is 0 Å². The van der Waals surface area contributed by atoms with Gasteiger partial charge < -0.3 is 14.7 Å². The third kappa shape index (κ3) is 3.30. The van der Waals surface area contributed by atoms with E-state index in [-0.39, 0.29) is 6.10 Å². The van der Waals surface area contributed by atoms with Crippen LogP contribution in [-0.2, 0) is 6.42 Å². The van der Waals surface area contributed by atoms with Gasteiger partial charge in [0.25, 0.3) is 0 Å². The molecular formula is C18H17Cl2NO3. The van der Waals surface area contributed by atoms with Crippen LogP contribution in [0.1, 0.15) is 11.1 Å². The van der Waals surface area contributed by atoms with E-state index in [1.54, 1.807) is 12.1 Å². The van der Waals surface area contributed by atoms with Gasteiger partial charge in [-0.25, -0.2) is 4.79 Å². The van der Waals surface area contributed by atoms with Gasteiger partial charge in [0.1, 0.15) is 11.9 Å². The average molecular weight is 366 g/mol. The van der Waals surface area contributed by atoms with Crippen molar-refractivity contribution >= 4 is 29.3 Å². The molecule has 0 saturated carbocycles. The number of aryl methyl sites for hydroxylation is 1. The molecule has 0 bridgehead atoms. The second kappa shape index (κ2) is 6.54. The van der Waals surface area contributed by atoms with Crippen molar-refractivity contribution in [2.75, 3.05) is 13.6 Å². The number of hydrogen-bond donors (Lipinski definition) is 1. The van der Waals surface area contributed by atoms with Crippen molar-refractivity contribution in [2.24, 2.45) is 0 Å². The number of carbonyl (C=O) groups is 1. The predicted molar refractivity (Wildman–Crippen MR) is 95.4 cm³/mol. The molecule has 0 aromatic heterocycles. The predicted octanol–water partition coefficient (Wildman–Crippen LogP) is 4.88. The highest BCUT2D eigenvalue weighted by Gasteiger charge is 2.28. The molecule has 0 spiro atoms. The molecule has 3 rings (SSSR count). The fourth-order valence-corrected chi connectivity index (χ4v) is 3.37. The molecular weight excluding hydrogens is 349 g/mol. The van der Waals surface area contributed by atoms with E-state index in [9.17, 15) is 4.79 Å². The van der Waals surface area contributed by atoms with Crippen molar-refractivity contribution in [3.8, 4) is 16.9 Å². The summed E-state index contributed by atoms with van der Waals surface area (Å²) in [7, 11) is 1.54. The molecule has 1 heterocycles. The Labute approximate surface area is 150 Å². The molecule has 2 aromatic carbocycles. The molecule has 2 aromatic rings. The summed E-state index contributed by atoms with van der Waals surface area (Å²) < 4.78 is 6.06. The van der Waals surface area contributed by atoms with Crippen LogP contribution in [0.5, 0.6) is 5.75 Å². The van der Waals surface area contributed by atoms with Gasteiger partial charge in [-0.1, -0.05) is 29.3 Å². The Hall–Kier alpha value is -1.91. The average Bonchev–Trinajstić information content (AvgIpc) is 2.90. The molecule has 126 valence electrons. The van der Waals surface area contributed by atoms with Gasteiger partial charge in [0.15, 0.2) is 0 Å². The molecule has 1 amide bonds. The number of rotatable bonds is 3. The van der Waals surface area contributed by atoms with Gasteiger partial charge in [-0.05, 0) is 42.3 Å². The first-order chi connectivity index (χ1) is 11.3. The molecule has 0 aliphatic carbocycles. The first-order valence-electron chi connectivity index (χ1n) is 7.55. The number of nitrogens with zero attached hydrogens (tertiary/aromatic N) is 1. The Balaban J connectivity index is 1.98. The Kier molecular flexibility index (Phi) is 4.61. The van der Waals surface area contributed by atoms with Crippen molar-refractivity contribution in [2.45, 2.75) is 19.4 Å².